The fourth-order valence-corrected chi connectivity index (χ4v) is 3.62. The van der Waals surface area contributed by atoms with Crippen LogP contribution in [0.2, 0.25) is 0 Å². The smallest absolute Gasteiger partial charge is 0.124 e. The zero-order valence-corrected chi connectivity index (χ0v) is 13.4. The second kappa shape index (κ2) is 6.17. The quantitative estimate of drug-likeness (QED) is 0.871. The third kappa shape index (κ3) is 3.17. The molecule has 1 fully saturated rings. The Morgan fingerprint density at radius 3 is 2.75 bits per heavy atom. The molecule has 0 bridgehead atoms. The van der Waals surface area contributed by atoms with Gasteiger partial charge in [-0.1, -0.05) is 44.4 Å². The maximum absolute atomic E-state index is 6.67. The van der Waals surface area contributed by atoms with Crippen molar-refractivity contribution in [1.82, 2.24) is 0 Å². The molecule has 0 radical (unpaired) electrons. The molecular weight excluding hydrogens is 246 g/mol. The molecule has 0 aromatic heterocycles. The molecule has 112 valence electrons. The summed E-state index contributed by atoms with van der Waals surface area (Å²) in [5.41, 5.74) is 9.43. The summed E-state index contributed by atoms with van der Waals surface area (Å²) in [6.45, 7) is 9.58. The molecule has 2 N–H and O–H groups in total. The van der Waals surface area contributed by atoms with Crippen LogP contribution in [0.4, 0.5) is 0 Å². The van der Waals surface area contributed by atoms with E-state index < -0.39 is 0 Å². The topological polar surface area (TPSA) is 35.2 Å². The van der Waals surface area contributed by atoms with Gasteiger partial charge in [-0.25, -0.2) is 0 Å². The van der Waals surface area contributed by atoms with Gasteiger partial charge < -0.3 is 10.5 Å². The van der Waals surface area contributed by atoms with Gasteiger partial charge >= 0.3 is 0 Å². The van der Waals surface area contributed by atoms with Gasteiger partial charge in [0.05, 0.1) is 6.61 Å². The lowest BCUT2D eigenvalue weighted by Gasteiger charge is -2.42. The van der Waals surface area contributed by atoms with Crippen LogP contribution in [0, 0.1) is 18.3 Å². The number of hydrogen-bond acceptors (Lipinski definition) is 2. The number of nitrogens with two attached hydrogens (primary N) is 1. The van der Waals surface area contributed by atoms with E-state index in [0.717, 1.165) is 5.75 Å². The Labute approximate surface area is 123 Å². The van der Waals surface area contributed by atoms with Crippen molar-refractivity contribution >= 4 is 0 Å². The van der Waals surface area contributed by atoms with E-state index in [1.807, 2.05) is 6.92 Å². The van der Waals surface area contributed by atoms with Crippen molar-refractivity contribution in [3.63, 3.8) is 0 Å². The number of benzene rings is 1. The van der Waals surface area contributed by atoms with Crippen molar-refractivity contribution in [3.05, 3.63) is 29.3 Å². The van der Waals surface area contributed by atoms with E-state index in [1.54, 1.807) is 0 Å². The highest BCUT2D eigenvalue weighted by molar-refractivity contribution is 5.39. The molecule has 1 aromatic carbocycles. The predicted octanol–water partition coefficient (Wildman–Crippen LogP) is 4.61. The zero-order valence-electron chi connectivity index (χ0n) is 13.4. The van der Waals surface area contributed by atoms with Crippen LogP contribution in [0.15, 0.2) is 18.2 Å². The summed E-state index contributed by atoms with van der Waals surface area (Å²) in [4.78, 5) is 0. The monoisotopic (exact) mass is 275 g/mol. The minimum absolute atomic E-state index is 0.0757. The van der Waals surface area contributed by atoms with E-state index in [2.05, 4.69) is 39.0 Å². The van der Waals surface area contributed by atoms with Gasteiger partial charge in [-0.15, -0.1) is 0 Å². The predicted molar refractivity (Wildman–Crippen MR) is 85.0 cm³/mol. The van der Waals surface area contributed by atoms with Gasteiger partial charge in [0.2, 0.25) is 0 Å². The van der Waals surface area contributed by atoms with Crippen LogP contribution in [-0.4, -0.2) is 6.61 Å². The van der Waals surface area contributed by atoms with E-state index in [0.29, 0.717) is 17.9 Å². The van der Waals surface area contributed by atoms with Gasteiger partial charge in [0.25, 0.3) is 0 Å². The number of ether oxygens (including phenoxy) is 1. The number of aryl methyl sites for hydroxylation is 1. The number of hydrogen-bond donors (Lipinski definition) is 1. The highest BCUT2D eigenvalue weighted by atomic mass is 16.5. The first-order chi connectivity index (χ1) is 9.45. The molecule has 1 aliphatic rings. The molecule has 0 aliphatic heterocycles. The third-order valence-electron chi connectivity index (χ3n) is 4.85. The zero-order chi connectivity index (χ0) is 14.8. The fourth-order valence-electron chi connectivity index (χ4n) is 3.62. The molecule has 0 saturated heterocycles. The Morgan fingerprint density at radius 2 is 2.10 bits per heavy atom. The van der Waals surface area contributed by atoms with E-state index in [-0.39, 0.29) is 6.04 Å². The molecule has 2 unspecified atom stereocenters. The second-order valence-corrected chi connectivity index (χ2v) is 6.84. The van der Waals surface area contributed by atoms with Gasteiger partial charge in [-0.2, -0.15) is 0 Å². The lowest BCUT2D eigenvalue weighted by molar-refractivity contribution is 0.111. The van der Waals surface area contributed by atoms with Crippen molar-refractivity contribution in [2.24, 2.45) is 17.1 Å². The third-order valence-corrected chi connectivity index (χ3v) is 4.85. The number of rotatable bonds is 4. The molecule has 0 spiro atoms. The Balaban J connectivity index is 2.31. The first-order valence-corrected chi connectivity index (χ1v) is 7.94. The molecule has 0 heterocycles. The summed E-state index contributed by atoms with van der Waals surface area (Å²) in [5.74, 6) is 1.50. The van der Waals surface area contributed by atoms with Crippen LogP contribution in [0.1, 0.15) is 63.6 Å². The summed E-state index contributed by atoms with van der Waals surface area (Å²) in [5, 5.41) is 0. The van der Waals surface area contributed by atoms with E-state index >= 15 is 0 Å². The Kier molecular flexibility index (Phi) is 4.74. The largest absolute Gasteiger partial charge is 0.494 e. The van der Waals surface area contributed by atoms with Crippen LogP contribution in [0.3, 0.4) is 0 Å². The van der Waals surface area contributed by atoms with Gasteiger partial charge in [-0.05, 0) is 44.1 Å². The van der Waals surface area contributed by atoms with Crippen LogP contribution in [0.5, 0.6) is 5.75 Å². The lowest BCUT2D eigenvalue weighted by Crippen LogP contribution is -2.36. The lowest BCUT2D eigenvalue weighted by atomic mass is 9.65. The van der Waals surface area contributed by atoms with Gasteiger partial charge in [0, 0.05) is 11.6 Å². The maximum atomic E-state index is 6.67. The van der Waals surface area contributed by atoms with Crippen LogP contribution in [0.25, 0.3) is 0 Å². The summed E-state index contributed by atoms with van der Waals surface area (Å²) in [6, 6.07) is 6.46. The first kappa shape index (κ1) is 15.4. The first-order valence-electron chi connectivity index (χ1n) is 7.94. The van der Waals surface area contributed by atoms with Crippen molar-refractivity contribution in [2.45, 2.75) is 59.4 Å². The highest BCUT2D eigenvalue weighted by Gasteiger charge is 2.37. The molecule has 1 aliphatic carbocycles. The second-order valence-electron chi connectivity index (χ2n) is 6.84. The molecule has 2 rings (SSSR count). The van der Waals surface area contributed by atoms with Crippen molar-refractivity contribution < 1.29 is 4.74 Å². The molecular formula is C18H29NO. The minimum atomic E-state index is 0.0757. The summed E-state index contributed by atoms with van der Waals surface area (Å²) in [6.07, 6.45) is 5.15. The highest BCUT2D eigenvalue weighted by Crippen LogP contribution is 2.47. The van der Waals surface area contributed by atoms with E-state index in [1.165, 1.54) is 36.8 Å². The summed E-state index contributed by atoms with van der Waals surface area (Å²) >= 11 is 0. The minimum Gasteiger partial charge on any atom is -0.494 e. The Bertz CT molecular complexity index is 453. The van der Waals surface area contributed by atoms with E-state index in [9.17, 15) is 0 Å². The van der Waals surface area contributed by atoms with Gasteiger partial charge in [-0.3, -0.25) is 0 Å². The Hall–Kier alpha value is -1.02. The normalized spacial score (nSPS) is 23.4. The van der Waals surface area contributed by atoms with Crippen LogP contribution >= 0.6 is 0 Å². The maximum Gasteiger partial charge on any atom is 0.124 e. The van der Waals surface area contributed by atoms with Crippen molar-refractivity contribution in [3.8, 4) is 5.75 Å². The standard InChI is InChI=1S/C18H29NO/c1-5-20-16-10-9-13(2)12-14(16)17(19)15-8-6-7-11-18(15,3)4/h9-10,12,15,17H,5-8,11,19H2,1-4H3. The summed E-state index contributed by atoms with van der Waals surface area (Å²) in [7, 11) is 0. The average molecular weight is 275 g/mol. The molecule has 2 atom stereocenters. The van der Waals surface area contributed by atoms with Gasteiger partial charge in [0.1, 0.15) is 5.75 Å². The van der Waals surface area contributed by atoms with Crippen LogP contribution in [-0.2, 0) is 0 Å². The summed E-state index contributed by atoms with van der Waals surface area (Å²) < 4.78 is 5.79. The fraction of sp³-hybridized carbons (Fsp3) is 0.667. The van der Waals surface area contributed by atoms with Gasteiger partial charge in [0.15, 0.2) is 0 Å². The molecule has 1 saturated carbocycles. The average Bonchev–Trinajstić information content (AvgIpc) is 2.40. The Morgan fingerprint density at radius 1 is 1.35 bits per heavy atom. The molecule has 2 nitrogen and oxygen atoms in total. The van der Waals surface area contributed by atoms with Crippen LogP contribution < -0.4 is 10.5 Å². The molecule has 20 heavy (non-hydrogen) atoms. The van der Waals surface area contributed by atoms with E-state index in [4.69, 9.17) is 10.5 Å². The van der Waals surface area contributed by atoms with Crippen molar-refractivity contribution in [1.29, 1.82) is 0 Å². The molecule has 0 amide bonds. The SMILES string of the molecule is CCOc1ccc(C)cc1C(N)C1CCCCC1(C)C. The molecule has 1 aromatic rings. The van der Waals surface area contributed by atoms with Crippen molar-refractivity contribution in [2.75, 3.05) is 6.61 Å². The molecule has 2 heteroatoms.